The second kappa shape index (κ2) is 13.4. The van der Waals surface area contributed by atoms with Gasteiger partial charge in [-0.25, -0.2) is 19.9 Å². The number of pyridine rings is 2. The Morgan fingerprint density at radius 1 is 0.520 bits per heavy atom. The Morgan fingerprint density at radius 2 is 1.00 bits per heavy atom. The van der Waals surface area contributed by atoms with E-state index in [4.69, 9.17) is 23.1 Å². The van der Waals surface area contributed by atoms with Crippen LogP contribution >= 0.6 is 0 Å². The summed E-state index contributed by atoms with van der Waals surface area (Å²) in [4.78, 5) is 17.8. The van der Waals surface area contributed by atoms with E-state index < -0.39 is 12.8 Å². The van der Waals surface area contributed by atoms with E-state index in [1.165, 1.54) is 0 Å². The van der Waals surface area contributed by atoms with E-state index in [9.17, 15) is 0 Å². The minimum Gasteiger partial charge on any atom is -0.457 e. The largest absolute Gasteiger partial charge is 0.457 e. The zero-order valence-electron chi connectivity index (χ0n) is 29.8. The molecule has 0 aliphatic carbocycles. The zero-order valence-corrected chi connectivity index (χ0v) is 26.8. The number of hydrogen-bond acceptors (Lipinski definition) is 8. The summed E-state index contributed by atoms with van der Waals surface area (Å²) < 4.78 is 50.0. The molecule has 9 heteroatoms. The molecular formula is C41H31N5O4. The topological polar surface area (TPSA) is 93.4 Å². The van der Waals surface area contributed by atoms with Crippen molar-refractivity contribution in [1.29, 1.82) is 0 Å². The van der Waals surface area contributed by atoms with Crippen molar-refractivity contribution in [3.05, 3.63) is 152 Å². The van der Waals surface area contributed by atoms with Crippen LogP contribution in [0.5, 0.6) is 46.3 Å². The van der Waals surface area contributed by atoms with Crippen molar-refractivity contribution >= 4 is 21.8 Å². The van der Waals surface area contributed by atoms with Gasteiger partial charge in [0.2, 0.25) is 17.7 Å². The van der Waals surface area contributed by atoms with Gasteiger partial charge >= 0.3 is 0 Å². The Kier molecular flexibility index (Phi) is 7.30. The Hall–Kier alpha value is -6.74. The molecule has 8 aromatic rings. The van der Waals surface area contributed by atoms with E-state index in [1.807, 2.05) is 102 Å². The van der Waals surface area contributed by atoms with Crippen molar-refractivity contribution in [2.75, 3.05) is 0 Å². The van der Waals surface area contributed by atoms with Crippen LogP contribution in [0.1, 0.15) is 29.4 Å². The molecule has 8 rings (SSSR count). The van der Waals surface area contributed by atoms with Gasteiger partial charge in [0.25, 0.3) is 0 Å². The first-order chi connectivity index (χ1) is 25.8. The molecule has 0 bridgehead atoms. The van der Waals surface area contributed by atoms with Gasteiger partial charge in [0.05, 0.1) is 11.0 Å². The average Bonchev–Trinajstić information content (AvgIpc) is 3.48. The summed E-state index contributed by atoms with van der Waals surface area (Å²) in [5.41, 5.74) is 2.07. The van der Waals surface area contributed by atoms with Crippen molar-refractivity contribution in [3.63, 3.8) is 0 Å². The number of ether oxygens (including phenoxy) is 4. The molecule has 0 aliphatic rings. The van der Waals surface area contributed by atoms with E-state index in [1.54, 1.807) is 56.0 Å². The first-order valence-electron chi connectivity index (χ1n) is 17.4. The van der Waals surface area contributed by atoms with E-state index in [-0.39, 0.29) is 0 Å². The molecule has 4 aromatic carbocycles. The predicted molar refractivity (Wildman–Crippen MR) is 192 cm³/mol. The van der Waals surface area contributed by atoms with Crippen molar-refractivity contribution in [1.82, 2.24) is 24.5 Å². The minimum absolute atomic E-state index is 0.359. The first-order valence-corrected chi connectivity index (χ1v) is 15.9. The quantitative estimate of drug-likeness (QED) is 0.143. The summed E-state index contributed by atoms with van der Waals surface area (Å²) in [5.74, 6) is 4.04. The third kappa shape index (κ3) is 6.52. The maximum Gasteiger partial charge on any atom is 0.234 e. The van der Waals surface area contributed by atoms with Crippen LogP contribution in [-0.2, 0) is 0 Å². The fourth-order valence-electron chi connectivity index (χ4n) is 5.52. The zero-order chi connectivity index (χ0) is 36.4. The summed E-state index contributed by atoms with van der Waals surface area (Å²) in [6.07, 6.45) is 6.47. The van der Waals surface area contributed by atoms with Crippen molar-refractivity contribution in [2.24, 2.45) is 0 Å². The molecular weight excluding hydrogens is 626 g/mol. The monoisotopic (exact) mass is 660 g/mol. The summed E-state index contributed by atoms with van der Waals surface area (Å²) in [6.45, 7) is -0.540. The van der Waals surface area contributed by atoms with Gasteiger partial charge in [-0.2, -0.15) is 0 Å². The number of rotatable bonds is 10. The summed E-state index contributed by atoms with van der Waals surface area (Å²) in [7, 11) is 0. The maximum atomic E-state index is 7.88. The lowest BCUT2D eigenvalue weighted by Gasteiger charge is -2.11. The molecule has 0 saturated heterocycles. The number of fused-ring (bicyclic) bond motifs is 3. The van der Waals surface area contributed by atoms with Gasteiger partial charge < -0.3 is 18.9 Å². The molecule has 0 spiro atoms. The fraction of sp³-hybridized carbons (Fsp3) is 0.0732. The predicted octanol–water partition coefficient (Wildman–Crippen LogP) is 10.7. The van der Waals surface area contributed by atoms with Crippen LogP contribution in [0.3, 0.4) is 0 Å². The molecule has 0 amide bonds. The van der Waals surface area contributed by atoms with Gasteiger partial charge in [-0.05, 0) is 72.1 Å². The summed E-state index contributed by atoms with van der Waals surface area (Å²) in [6, 6.07) is 37.2. The van der Waals surface area contributed by atoms with Gasteiger partial charge in [-0.1, -0.05) is 38.0 Å². The average molecular weight is 661 g/mol. The molecule has 4 heterocycles. The van der Waals surface area contributed by atoms with Crippen LogP contribution in [-0.4, -0.2) is 24.5 Å². The van der Waals surface area contributed by atoms with E-state index in [0.717, 1.165) is 21.8 Å². The highest BCUT2D eigenvalue weighted by molar-refractivity contribution is 6.09. The van der Waals surface area contributed by atoms with Crippen molar-refractivity contribution in [3.8, 4) is 52.2 Å². The van der Waals surface area contributed by atoms with Crippen LogP contribution in [0.4, 0.5) is 0 Å². The van der Waals surface area contributed by atoms with Gasteiger partial charge in [0.15, 0.2) is 0 Å². The molecule has 0 saturated carbocycles. The van der Waals surface area contributed by atoms with Crippen LogP contribution in [0, 0.1) is 0 Å². The number of aromatic nitrogens is 5. The lowest BCUT2D eigenvalue weighted by atomic mass is 10.1. The molecule has 4 aromatic heterocycles. The third-order valence-electron chi connectivity index (χ3n) is 7.87. The molecule has 0 fully saturated rings. The highest BCUT2D eigenvalue weighted by Crippen LogP contribution is 2.38. The smallest absolute Gasteiger partial charge is 0.234 e. The third-order valence-corrected chi connectivity index (χ3v) is 7.87. The van der Waals surface area contributed by atoms with Crippen molar-refractivity contribution < 1.29 is 23.1 Å². The first kappa shape index (κ1) is 27.2. The molecule has 1 atom stereocenters. The van der Waals surface area contributed by atoms with Gasteiger partial charge in [-0.15, -0.1) is 0 Å². The SMILES string of the molecule is [2H]C([2H])([2H])C(C)c1cnc(-n2c3cc(Oc4cccc(Oc5ccccn5)c4)ccc3c3ccc(Oc4cccc(Oc5ccccn5)c4)cc32)nc1. The standard InChI is InChI=1S/C41H31N5O4/c1-27(2)28-25-44-41(45-26-28)46-37-23-33(47-29-9-7-11-31(21-29)49-39-13-3-5-19-42-39)15-17-35(37)36-18-16-34(24-38(36)46)48-30-10-8-12-32(22-30)50-40-14-4-6-20-43-40/h3-27H,1-2H3/i1D3. The lowest BCUT2D eigenvalue weighted by Crippen LogP contribution is -2.02. The number of hydrogen-bond donors (Lipinski definition) is 0. The second-order valence-electron chi connectivity index (χ2n) is 11.4. The number of benzene rings is 4. The van der Waals surface area contributed by atoms with Gasteiger partial charge in [-0.3, -0.25) is 4.57 Å². The molecule has 0 aliphatic heterocycles. The second-order valence-corrected chi connectivity index (χ2v) is 11.4. The van der Waals surface area contributed by atoms with E-state index in [2.05, 4.69) is 19.9 Å². The van der Waals surface area contributed by atoms with E-state index in [0.29, 0.717) is 57.8 Å². The Labute approximate surface area is 292 Å². The summed E-state index contributed by atoms with van der Waals surface area (Å²) in [5, 5.41) is 1.86. The highest BCUT2D eigenvalue weighted by Gasteiger charge is 2.17. The normalized spacial score (nSPS) is 12.9. The van der Waals surface area contributed by atoms with Gasteiger partial charge in [0.1, 0.15) is 34.5 Å². The fourth-order valence-corrected chi connectivity index (χ4v) is 5.52. The van der Waals surface area contributed by atoms with Crippen LogP contribution in [0.2, 0.25) is 0 Å². The molecule has 50 heavy (non-hydrogen) atoms. The van der Waals surface area contributed by atoms with Crippen molar-refractivity contribution in [2.45, 2.75) is 19.7 Å². The Morgan fingerprint density at radius 3 is 1.46 bits per heavy atom. The molecule has 1 unspecified atom stereocenters. The number of nitrogens with zero attached hydrogens (tertiary/aromatic N) is 5. The van der Waals surface area contributed by atoms with Crippen LogP contribution in [0.15, 0.2) is 146 Å². The maximum absolute atomic E-state index is 7.88. The molecule has 0 radical (unpaired) electrons. The molecule has 244 valence electrons. The molecule has 9 nitrogen and oxygen atoms in total. The summed E-state index contributed by atoms with van der Waals surface area (Å²) >= 11 is 0. The minimum atomic E-state index is -2.18. The van der Waals surface area contributed by atoms with Crippen LogP contribution in [0.25, 0.3) is 27.8 Å². The van der Waals surface area contributed by atoms with E-state index >= 15 is 0 Å². The van der Waals surface area contributed by atoms with Crippen LogP contribution < -0.4 is 18.9 Å². The Balaban J connectivity index is 1.16. The van der Waals surface area contributed by atoms with Gasteiger partial charge in [0, 0.05) is 76.1 Å². The highest BCUT2D eigenvalue weighted by atomic mass is 16.5. The molecule has 0 N–H and O–H groups in total. The Bertz CT molecular complexity index is 2390. The lowest BCUT2D eigenvalue weighted by molar-refractivity contribution is 0.448.